The Labute approximate surface area is 95.2 Å². The third-order valence-corrected chi connectivity index (χ3v) is 3.13. The molecule has 1 atom stereocenters. The van der Waals surface area contributed by atoms with E-state index in [9.17, 15) is 5.11 Å². The Morgan fingerprint density at radius 1 is 1.60 bits per heavy atom. The number of rotatable bonds is 6. The van der Waals surface area contributed by atoms with E-state index in [-0.39, 0.29) is 0 Å². The van der Waals surface area contributed by atoms with Gasteiger partial charge in [0.05, 0.1) is 18.4 Å². The molecule has 1 aromatic rings. The topological polar surface area (TPSA) is 45.4 Å². The van der Waals surface area contributed by atoms with Crippen molar-refractivity contribution in [2.75, 3.05) is 18.6 Å². The lowest BCUT2D eigenvalue weighted by molar-refractivity contribution is 0.0840. The Balaban J connectivity index is 2.30. The molecule has 0 bridgehead atoms. The van der Waals surface area contributed by atoms with E-state index in [4.69, 9.17) is 4.42 Å². The predicted octanol–water partition coefficient (Wildman–Crippen LogP) is 1.79. The Hall–Kier alpha value is -0.450. The molecule has 0 amide bonds. The molecule has 2 N–H and O–H groups in total. The Kier molecular flexibility index (Phi) is 4.70. The summed E-state index contributed by atoms with van der Waals surface area (Å²) in [6, 6.07) is 1.94. The molecule has 0 aliphatic heterocycles. The van der Waals surface area contributed by atoms with Gasteiger partial charge in [0.15, 0.2) is 0 Å². The molecule has 4 heteroatoms. The van der Waals surface area contributed by atoms with Gasteiger partial charge in [-0.2, -0.15) is 11.8 Å². The number of furan rings is 1. The highest BCUT2D eigenvalue weighted by atomic mass is 32.2. The van der Waals surface area contributed by atoms with Gasteiger partial charge in [0.2, 0.25) is 0 Å². The lowest BCUT2D eigenvalue weighted by Crippen LogP contribution is -2.39. The molecule has 15 heavy (non-hydrogen) atoms. The number of aryl methyl sites for hydroxylation is 1. The van der Waals surface area contributed by atoms with Crippen molar-refractivity contribution in [1.82, 2.24) is 5.32 Å². The minimum absolute atomic E-state index is 0.577. The van der Waals surface area contributed by atoms with E-state index in [1.54, 1.807) is 18.0 Å². The first-order valence-electron chi connectivity index (χ1n) is 5.00. The average molecular weight is 229 g/mol. The van der Waals surface area contributed by atoms with E-state index in [1.165, 1.54) is 0 Å². The third-order valence-electron chi connectivity index (χ3n) is 2.21. The molecule has 1 rings (SSSR count). The zero-order chi connectivity index (χ0) is 11.3. The van der Waals surface area contributed by atoms with Crippen LogP contribution in [0.1, 0.15) is 18.2 Å². The van der Waals surface area contributed by atoms with Crippen LogP contribution in [0.4, 0.5) is 0 Å². The van der Waals surface area contributed by atoms with Gasteiger partial charge >= 0.3 is 0 Å². The first-order valence-corrected chi connectivity index (χ1v) is 6.39. The van der Waals surface area contributed by atoms with E-state index in [1.807, 2.05) is 26.2 Å². The van der Waals surface area contributed by atoms with Gasteiger partial charge in [-0.25, -0.2) is 0 Å². The Bertz CT molecular complexity index is 297. The Morgan fingerprint density at radius 3 is 2.87 bits per heavy atom. The second-order valence-corrected chi connectivity index (χ2v) is 4.93. The van der Waals surface area contributed by atoms with Crippen molar-refractivity contribution >= 4 is 11.8 Å². The fourth-order valence-electron chi connectivity index (χ4n) is 1.39. The smallest absolute Gasteiger partial charge is 0.120 e. The van der Waals surface area contributed by atoms with Gasteiger partial charge in [-0.3, -0.25) is 0 Å². The molecule has 0 saturated carbocycles. The summed E-state index contributed by atoms with van der Waals surface area (Å²) in [6.07, 6.45) is 3.68. The molecule has 86 valence electrons. The van der Waals surface area contributed by atoms with Crippen molar-refractivity contribution < 1.29 is 9.52 Å². The number of nitrogens with one attached hydrogen (secondary N) is 1. The van der Waals surface area contributed by atoms with Gasteiger partial charge in [0.1, 0.15) is 5.76 Å². The van der Waals surface area contributed by atoms with Crippen LogP contribution in [-0.2, 0) is 6.54 Å². The monoisotopic (exact) mass is 229 g/mol. The molecular formula is C11H19NO2S. The van der Waals surface area contributed by atoms with Crippen LogP contribution < -0.4 is 5.32 Å². The molecule has 1 aromatic heterocycles. The van der Waals surface area contributed by atoms with Gasteiger partial charge < -0.3 is 14.8 Å². The second kappa shape index (κ2) is 5.58. The summed E-state index contributed by atoms with van der Waals surface area (Å²) in [7, 11) is 0. The summed E-state index contributed by atoms with van der Waals surface area (Å²) < 4.78 is 5.29. The van der Waals surface area contributed by atoms with E-state index >= 15 is 0 Å². The molecular weight excluding hydrogens is 210 g/mol. The van der Waals surface area contributed by atoms with E-state index in [0.717, 1.165) is 17.1 Å². The molecule has 0 radical (unpaired) electrons. The Morgan fingerprint density at radius 2 is 2.33 bits per heavy atom. The second-order valence-electron chi connectivity index (χ2n) is 4.06. The van der Waals surface area contributed by atoms with Crippen LogP contribution in [0.15, 0.2) is 16.7 Å². The van der Waals surface area contributed by atoms with Gasteiger partial charge in [-0.1, -0.05) is 0 Å². The fourth-order valence-corrected chi connectivity index (χ4v) is 2.12. The SMILES string of the molecule is CSCC(C)(O)CNCc1occc1C. The lowest BCUT2D eigenvalue weighted by atomic mass is 10.1. The highest BCUT2D eigenvalue weighted by molar-refractivity contribution is 7.98. The van der Waals surface area contributed by atoms with Crippen LogP contribution in [-0.4, -0.2) is 29.3 Å². The summed E-state index contributed by atoms with van der Waals surface area (Å²) in [5.74, 6) is 1.67. The summed E-state index contributed by atoms with van der Waals surface area (Å²) in [5.41, 5.74) is 0.493. The van der Waals surface area contributed by atoms with Crippen molar-refractivity contribution in [3.05, 3.63) is 23.7 Å². The van der Waals surface area contributed by atoms with Crippen molar-refractivity contribution in [3.63, 3.8) is 0 Å². The molecule has 0 fully saturated rings. The summed E-state index contributed by atoms with van der Waals surface area (Å²) in [5, 5.41) is 13.1. The summed E-state index contributed by atoms with van der Waals surface area (Å²) in [4.78, 5) is 0. The predicted molar refractivity (Wildman–Crippen MR) is 64.2 cm³/mol. The van der Waals surface area contributed by atoms with E-state index < -0.39 is 5.60 Å². The highest BCUT2D eigenvalue weighted by Gasteiger charge is 2.18. The molecule has 1 unspecified atom stereocenters. The van der Waals surface area contributed by atoms with Crippen molar-refractivity contribution in [2.24, 2.45) is 0 Å². The molecule has 0 aliphatic rings. The number of hydrogen-bond donors (Lipinski definition) is 2. The maximum atomic E-state index is 9.90. The molecule has 0 spiro atoms. The number of hydrogen-bond acceptors (Lipinski definition) is 4. The minimum Gasteiger partial charge on any atom is -0.468 e. The van der Waals surface area contributed by atoms with Crippen LogP contribution in [0, 0.1) is 6.92 Å². The maximum absolute atomic E-state index is 9.90. The molecule has 0 saturated heterocycles. The van der Waals surface area contributed by atoms with Crippen LogP contribution in [0.5, 0.6) is 0 Å². The lowest BCUT2D eigenvalue weighted by Gasteiger charge is -2.22. The summed E-state index contributed by atoms with van der Waals surface area (Å²) >= 11 is 1.65. The molecule has 1 heterocycles. The largest absolute Gasteiger partial charge is 0.468 e. The number of thioether (sulfide) groups is 1. The van der Waals surface area contributed by atoms with Crippen LogP contribution >= 0.6 is 11.8 Å². The quantitative estimate of drug-likeness (QED) is 0.780. The van der Waals surface area contributed by atoms with E-state index in [2.05, 4.69) is 5.32 Å². The third kappa shape index (κ3) is 4.28. The van der Waals surface area contributed by atoms with Crippen LogP contribution in [0.2, 0.25) is 0 Å². The minimum atomic E-state index is -0.653. The molecule has 0 aromatic carbocycles. The van der Waals surface area contributed by atoms with Gasteiger partial charge in [0, 0.05) is 12.3 Å². The van der Waals surface area contributed by atoms with Gasteiger partial charge in [-0.15, -0.1) is 0 Å². The summed E-state index contributed by atoms with van der Waals surface area (Å²) in [6.45, 7) is 5.10. The van der Waals surface area contributed by atoms with Gasteiger partial charge in [0.25, 0.3) is 0 Å². The van der Waals surface area contributed by atoms with Crippen molar-refractivity contribution in [1.29, 1.82) is 0 Å². The standard InChI is InChI=1S/C11H19NO2S/c1-9-4-5-14-10(9)6-12-7-11(2,13)8-15-3/h4-5,12-13H,6-8H2,1-3H3. The maximum Gasteiger partial charge on any atom is 0.120 e. The van der Waals surface area contributed by atoms with E-state index in [0.29, 0.717) is 13.1 Å². The fraction of sp³-hybridized carbons (Fsp3) is 0.636. The number of aliphatic hydroxyl groups is 1. The first-order chi connectivity index (χ1) is 7.05. The van der Waals surface area contributed by atoms with Crippen molar-refractivity contribution in [3.8, 4) is 0 Å². The zero-order valence-corrected chi connectivity index (χ0v) is 10.4. The zero-order valence-electron chi connectivity index (χ0n) is 9.54. The highest BCUT2D eigenvalue weighted by Crippen LogP contribution is 2.11. The molecule has 3 nitrogen and oxygen atoms in total. The van der Waals surface area contributed by atoms with Gasteiger partial charge in [-0.05, 0) is 31.7 Å². The van der Waals surface area contributed by atoms with Crippen LogP contribution in [0.3, 0.4) is 0 Å². The normalized spacial score (nSPS) is 15.2. The average Bonchev–Trinajstić information content (AvgIpc) is 2.51. The first kappa shape index (κ1) is 12.6. The van der Waals surface area contributed by atoms with Crippen LogP contribution in [0.25, 0.3) is 0 Å². The van der Waals surface area contributed by atoms with Crippen molar-refractivity contribution in [2.45, 2.75) is 26.0 Å². The molecule has 0 aliphatic carbocycles.